The topological polar surface area (TPSA) is 56.2 Å². The molecular weight excluding hydrogens is 231 g/mol. The molecule has 1 saturated carbocycles. The van der Waals surface area contributed by atoms with Crippen LogP contribution in [0.4, 0.5) is 10.3 Å². The monoisotopic (exact) mass is 248 g/mol. The zero-order valence-electron chi connectivity index (χ0n) is 10.5. The fourth-order valence-corrected chi connectivity index (χ4v) is 2.98. The minimum absolute atomic E-state index is 0.00764. The molecule has 2 heterocycles. The van der Waals surface area contributed by atoms with E-state index in [0.29, 0.717) is 5.52 Å². The highest BCUT2D eigenvalue weighted by Crippen LogP contribution is 2.39. The van der Waals surface area contributed by atoms with Crippen LogP contribution in [-0.4, -0.2) is 14.6 Å². The van der Waals surface area contributed by atoms with Crippen molar-refractivity contribution in [1.82, 2.24) is 14.6 Å². The lowest BCUT2D eigenvalue weighted by atomic mass is 9.73. The van der Waals surface area contributed by atoms with E-state index in [1.807, 2.05) is 0 Å². The molecule has 3 rings (SSSR count). The van der Waals surface area contributed by atoms with E-state index in [1.165, 1.54) is 25.5 Å². The van der Waals surface area contributed by atoms with E-state index < -0.39 is 0 Å². The lowest BCUT2D eigenvalue weighted by molar-refractivity contribution is 0.308. The van der Waals surface area contributed by atoms with Gasteiger partial charge in [-0.2, -0.15) is 0 Å². The summed E-state index contributed by atoms with van der Waals surface area (Å²) in [4.78, 5) is 3.86. The molecule has 2 aromatic heterocycles. The van der Waals surface area contributed by atoms with E-state index >= 15 is 0 Å². The van der Waals surface area contributed by atoms with Crippen LogP contribution in [0.15, 0.2) is 12.3 Å². The lowest BCUT2D eigenvalue weighted by Gasteiger charge is -2.33. The number of hydrogen-bond acceptors (Lipinski definition) is 3. The van der Waals surface area contributed by atoms with Gasteiger partial charge in [0.25, 0.3) is 0 Å². The molecule has 2 N–H and O–H groups in total. The summed E-state index contributed by atoms with van der Waals surface area (Å²) in [5.74, 6) is -0.0874. The Morgan fingerprint density at radius 3 is 2.78 bits per heavy atom. The van der Waals surface area contributed by atoms with E-state index in [2.05, 4.69) is 17.0 Å². The average Bonchev–Trinajstić information content (AvgIpc) is 2.68. The molecule has 0 aliphatic heterocycles. The molecule has 0 unspecified atom stereocenters. The van der Waals surface area contributed by atoms with Crippen LogP contribution in [0.5, 0.6) is 0 Å². The summed E-state index contributed by atoms with van der Waals surface area (Å²) in [6.07, 6.45) is 7.23. The Hall–Kier alpha value is -1.65. The van der Waals surface area contributed by atoms with Gasteiger partial charge >= 0.3 is 0 Å². The van der Waals surface area contributed by atoms with Crippen molar-refractivity contribution < 1.29 is 4.39 Å². The molecule has 96 valence electrons. The number of anilines is 1. The molecule has 0 saturated heterocycles. The maximum absolute atomic E-state index is 13.9. The van der Waals surface area contributed by atoms with Crippen LogP contribution in [0.1, 0.15) is 44.7 Å². The molecule has 0 atom stereocenters. The van der Waals surface area contributed by atoms with Gasteiger partial charge in [0.05, 0.1) is 11.9 Å². The third-order valence-corrected chi connectivity index (χ3v) is 4.06. The Balaban J connectivity index is 2.19. The Morgan fingerprint density at radius 1 is 1.33 bits per heavy atom. The Labute approximate surface area is 105 Å². The molecule has 0 amide bonds. The number of hydrogen-bond donors (Lipinski definition) is 1. The standard InChI is InChI=1S/C13H17FN4/c1-13(5-3-2-4-6-13)11-7-9(14)10-8-16-12(15)17-18(10)11/h7-8H,2-6H2,1H3,(H2,15,17). The van der Waals surface area contributed by atoms with E-state index in [1.54, 1.807) is 10.6 Å². The predicted molar refractivity (Wildman–Crippen MR) is 67.8 cm³/mol. The average molecular weight is 248 g/mol. The summed E-state index contributed by atoms with van der Waals surface area (Å²) >= 11 is 0. The molecule has 0 spiro atoms. The first kappa shape index (κ1) is 11.4. The second kappa shape index (κ2) is 3.93. The highest BCUT2D eigenvalue weighted by molar-refractivity contribution is 5.50. The van der Waals surface area contributed by atoms with Crippen molar-refractivity contribution >= 4 is 11.5 Å². The molecule has 18 heavy (non-hydrogen) atoms. The highest BCUT2D eigenvalue weighted by Gasteiger charge is 2.32. The first-order chi connectivity index (χ1) is 8.60. The van der Waals surface area contributed by atoms with Gasteiger partial charge in [-0.1, -0.05) is 26.2 Å². The van der Waals surface area contributed by atoms with Gasteiger partial charge in [-0.05, 0) is 18.9 Å². The fraction of sp³-hybridized carbons (Fsp3) is 0.538. The normalized spacial score (nSPS) is 19.2. The Bertz CT molecular complexity index is 584. The molecule has 1 aliphatic carbocycles. The van der Waals surface area contributed by atoms with E-state index in [4.69, 9.17) is 5.73 Å². The highest BCUT2D eigenvalue weighted by atomic mass is 19.1. The molecule has 1 aliphatic rings. The van der Waals surface area contributed by atoms with Crippen molar-refractivity contribution in [3.05, 3.63) is 23.8 Å². The van der Waals surface area contributed by atoms with Crippen LogP contribution in [0.3, 0.4) is 0 Å². The minimum Gasteiger partial charge on any atom is -0.367 e. The van der Waals surface area contributed by atoms with Gasteiger partial charge in [-0.25, -0.2) is 13.9 Å². The first-order valence-electron chi connectivity index (χ1n) is 6.40. The van der Waals surface area contributed by atoms with Crippen molar-refractivity contribution in [3.8, 4) is 0 Å². The Morgan fingerprint density at radius 2 is 2.06 bits per heavy atom. The maximum atomic E-state index is 13.9. The van der Waals surface area contributed by atoms with Gasteiger partial charge in [0, 0.05) is 5.41 Å². The third kappa shape index (κ3) is 1.65. The maximum Gasteiger partial charge on any atom is 0.238 e. The van der Waals surface area contributed by atoms with Crippen LogP contribution >= 0.6 is 0 Å². The van der Waals surface area contributed by atoms with Crippen molar-refractivity contribution in [3.63, 3.8) is 0 Å². The summed E-state index contributed by atoms with van der Waals surface area (Å²) in [7, 11) is 0. The van der Waals surface area contributed by atoms with Crippen molar-refractivity contribution in [2.24, 2.45) is 0 Å². The molecule has 5 heteroatoms. The lowest BCUT2D eigenvalue weighted by Crippen LogP contribution is -2.27. The fourth-order valence-electron chi connectivity index (χ4n) is 2.98. The predicted octanol–water partition coefficient (Wildman–Crippen LogP) is 2.67. The number of aromatic nitrogens is 3. The van der Waals surface area contributed by atoms with Crippen LogP contribution in [-0.2, 0) is 5.41 Å². The molecule has 0 aromatic carbocycles. The van der Waals surface area contributed by atoms with Gasteiger partial charge in [0.1, 0.15) is 5.52 Å². The number of nitrogens with zero attached hydrogens (tertiary/aromatic N) is 3. The zero-order chi connectivity index (χ0) is 12.8. The van der Waals surface area contributed by atoms with Crippen molar-refractivity contribution in [2.45, 2.75) is 44.4 Å². The second-order valence-electron chi connectivity index (χ2n) is 5.41. The molecule has 4 nitrogen and oxygen atoms in total. The molecule has 2 aromatic rings. The minimum atomic E-state index is -0.267. The van der Waals surface area contributed by atoms with E-state index in [-0.39, 0.29) is 17.2 Å². The van der Waals surface area contributed by atoms with Crippen molar-refractivity contribution in [1.29, 1.82) is 0 Å². The second-order valence-corrected chi connectivity index (χ2v) is 5.41. The zero-order valence-corrected chi connectivity index (χ0v) is 10.5. The first-order valence-corrected chi connectivity index (χ1v) is 6.40. The quantitative estimate of drug-likeness (QED) is 0.844. The summed E-state index contributed by atoms with van der Waals surface area (Å²) in [5.41, 5.74) is 6.93. The number of rotatable bonds is 1. The summed E-state index contributed by atoms with van der Waals surface area (Å²) < 4.78 is 15.5. The van der Waals surface area contributed by atoms with E-state index in [9.17, 15) is 4.39 Å². The summed E-state index contributed by atoms with van der Waals surface area (Å²) in [6.45, 7) is 2.19. The van der Waals surface area contributed by atoms with Gasteiger partial charge in [0.2, 0.25) is 5.95 Å². The van der Waals surface area contributed by atoms with Crippen molar-refractivity contribution in [2.75, 3.05) is 5.73 Å². The summed E-state index contributed by atoms with van der Waals surface area (Å²) in [5, 5.41) is 4.16. The number of nitrogen functional groups attached to an aromatic ring is 1. The number of halogens is 1. The SMILES string of the molecule is CC1(c2cc(F)c3cnc(N)nn23)CCCCC1. The molecule has 0 bridgehead atoms. The van der Waals surface area contributed by atoms with E-state index in [0.717, 1.165) is 18.5 Å². The molecular formula is C13H17FN4. The Kier molecular flexibility index (Phi) is 2.50. The van der Waals surface area contributed by atoms with Crippen LogP contribution in [0.2, 0.25) is 0 Å². The smallest absolute Gasteiger partial charge is 0.238 e. The summed E-state index contributed by atoms with van der Waals surface area (Å²) in [6, 6.07) is 1.59. The number of nitrogens with two attached hydrogens (primary N) is 1. The van der Waals surface area contributed by atoms with Gasteiger partial charge in [0.15, 0.2) is 5.82 Å². The van der Waals surface area contributed by atoms with Gasteiger partial charge in [-0.15, -0.1) is 5.10 Å². The number of fused-ring (bicyclic) bond motifs is 1. The van der Waals surface area contributed by atoms with Crippen LogP contribution in [0.25, 0.3) is 5.52 Å². The van der Waals surface area contributed by atoms with Gasteiger partial charge in [-0.3, -0.25) is 0 Å². The molecule has 1 fully saturated rings. The van der Waals surface area contributed by atoms with Gasteiger partial charge < -0.3 is 5.73 Å². The largest absolute Gasteiger partial charge is 0.367 e. The van der Waals surface area contributed by atoms with Crippen LogP contribution < -0.4 is 5.73 Å². The van der Waals surface area contributed by atoms with Crippen LogP contribution in [0, 0.1) is 5.82 Å². The molecule has 0 radical (unpaired) electrons. The third-order valence-electron chi connectivity index (χ3n) is 4.06.